The number of hydrogen-bond donors (Lipinski definition) is 4. The minimum Gasteiger partial charge on any atom is -0.394 e. The van der Waals surface area contributed by atoms with Gasteiger partial charge in [-0.2, -0.15) is 5.10 Å². The van der Waals surface area contributed by atoms with Crippen molar-refractivity contribution in [3.8, 4) is 0 Å². The summed E-state index contributed by atoms with van der Waals surface area (Å²) in [5.74, 6) is 0.418. The Morgan fingerprint density at radius 3 is 2.74 bits per heavy atom. The number of aromatic nitrogens is 4. The Labute approximate surface area is 131 Å². The minimum atomic E-state index is -1.20. The summed E-state index contributed by atoms with van der Waals surface area (Å²) < 4.78 is 6.98. The molecule has 0 radical (unpaired) electrons. The van der Waals surface area contributed by atoms with Crippen LogP contribution in [0.3, 0.4) is 0 Å². The summed E-state index contributed by atoms with van der Waals surface area (Å²) in [6, 6.07) is 0. The van der Waals surface area contributed by atoms with Crippen LogP contribution in [-0.4, -0.2) is 65.5 Å². The topological polar surface area (TPSA) is 138 Å². The van der Waals surface area contributed by atoms with Gasteiger partial charge in [0.25, 0.3) is 0 Å². The first kappa shape index (κ1) is 15.7. The largest absolute Gasteiger partial charge is 0.394 e. The molecule has 0 saturated carbocycles. The first-order valence-electron chi connectivity index (χ1n) is 7.09. The van der Waals surface area contributed by atoms with E-state index >= 15 is 0 Å². The third kappa shape index (κ3) is 2.77. The van der Waals surface area contributed by atoms with E-state index in [4.69, 9.17) is 4.74 Å². The Balaban J connectivity index is 1.97. The maximum absolute atomic E-state index is 10.1. The van der Waals surface area contributed by atoms with E-state index in [0.29, 0.717) is 17.0 Å². The average molecular weight is 322 g/mol. The maximum atomic E-state index is 10.1. The van der Waals surface area contributed by atoms with E-state index in [9.17, 15) is 15.3 Å². The molecule has 0 spiro atoms. The fraction of sp³-hybridized carbons (Fsp3) is 0.538. The van der Waals surface area contributed by atoms with Gasteiger partial charge >= 0.3 is 0 Å². The number of nitrogens with one attached hydrogen (secondary N) is 1. The monoisotopic (exact) mass is 322 g/mol. The van der Waals surface area contributed by atoms with Gasteiger partial charge in [0, 0.05) is 5.71 Å². The zero-order chi connectivity index (χ0) is 16.6. The molecule has 0 aliphatic carbocycles. The Morgan fingerprint density at radius 2 is 2.09 bits per heavy atom. The first-order valence-corrected chi connectivity index (χ1v) is 7.09. The van der Waals surface area contributed by atoms with Crippen molar-refractivity contribution in [2.45, 2.75) is 38.4 Å². The highest BCUT2D eigenvalue weighted by Crippen LogP contribution is 2.31. The Kier molecular flexibility index (Phi) is 4.22. The van der Waals surface area contributed by atoms with Crippen LogP contribution in [0.1, 0.15) is 20.1 Å². The van der Waals surface area contributed by atoms with E-state index < -0.39 is 31.1 Å². The maximum Gasteiger partial charge on any atom is 0.177 e. The molecule has 1 aliphatic heterocycles. The van der Waals surface area contributed by atoms with Crippen molar-refractivity contribution in [1.82, 2.24) is 19.5 Å². The standard InChI is InChI=1S/C13H18N6O4/c1-6(2)17-18-11-8-12(15-4-14-11)19(5-16-8)13-10(22)9(21)7(3-20)23-13/h4-5,7,9-10,13,20-22H,3H2,1-2H3,(H,14,15,18)/t7-,9-,10-,13-/m1/s1. The quantitative estimate of drug-likeness (QED) is 0.426. The van der Waals surface area contributed by atoms with E-state index in [1.807, 2.05) is 13.8 Å². The van der Waals surface area contributed by atoms with Crippen LogP contribution >= 0.6 is 0 Å². The van der Waals surface area contributed by atoms with Crippen LogP contribution in [0.2, 0.25) is 0 Å². The lowest BCUT2D eigenvalue weighted by Crippen LogP contribution is -2.33. The van der Waals surface area contributed by atoms with Gasteiger partial charge in [0.1, 0.15) is 24.6 Å². The summed E-state index contributed by atoms with van der Waals surface area (Å²) in [7, 11) is 0. The molecule has 0 bridgehead atoms. The summed E-state index contributed by atoms with van der Waals surface area (Å²) in [5.41, 5.74) is 4.49. The lowest BCUT2D eigenvalue weighted by molar-refractivity contribution is -0.0511. The average Bonchev–Trinajstić information content (AvgIpc) is 3.08. The minimum absolute atomic E-state index is 0.395. The Bertz CT molecular complexity index is 728. The highest BCUT2D eigenvalue weighted by atomic mass is 16.6. The number of anilines is 1. The Hall–Kier alpha value is -2.14. The fourth-order valence-electron chi connectivity index (χ4n) is 2.39. The number of ether oxygens (including phenoxy) is 1. The zero-order valence-electron chi connectivity index (χ0n) is 12.7. The summed E-state index contributed by atoms with van der Waals surface area (Å²) in [6.45, 7) is 3.28. The number of aliphatic hydroxyl groups is 3. The molecule has 4 N–H and O–H groups in total. The molecule has 3 rings (SSSR count). The van der Waals surface area contributed by atoms with Crippen LogP contribution in [0.25, 0.3) is 11.2 Å². The van der Waals surface area contributed by atoms with Gasteiger partial charge in [-0.1, -0.05) is 0 Å². The smallest absolute Gasteiger partial charge is 0.177 e. The molecule has 0 amide bonds. The second-order valence-electron chi connectivity index (χ2n) is 5.45. The van der Waals surface area contributed by atoms with E-state index in [-0.39, 0.29) is 0 Å². The predicted molar refractivity (Wildman–Crippen MR) is 80.7 cm³/mol. The summed E-state index contributed by atoms with van der Waals surface area (Å²) in [4.78, 5) is 12.5. The van der Waals surface area contributed by atoms with Crippen molar-refractivity contribution in [2.24, 2.45) is 5.10 Å². The number of rotatable bonds is 4. The highest BCUT2D eigenvalue weighted by Gasteiger charge is 2.44. The van der Waals surface area contributed by atoms with Gasteiger partial charge in [0.05, 0.1) is 12.9 Å². The second kappa shape index (κ2) is 6.16. The van der Waals surface area contributed by atoms with Crippen molar-refractivity contribution < 1.29 is 20.1 Å². The van der Waals surface area contributed by atoms with Crippen LogP contribution in [0, 0.1) is 0 Å². The molecule has 3 heterocycles. The van der Waals surface area contributed by atoms with E-state index in [2.05, 4.69) is 25.5 Å². The number of hydrogen-bond acceptors (Lipinski definition) is 9. The molecule has 2 aromatic heterocycles. The normalized spacial score (nSPS) is 27.3. The molecule has 1 saturated heterocycles. The van der Waals surface area contributed by atoms with Gasteiger partial charge in [-0.15, -0.1) is 0 Å². The van der Waals surface area contributed by atoms with Crippen molar-refractivity contribution in [3.05, 3.63) is 12.7 Å². The van der Waals surface area contributed by atoms with Crippen LogP contribution < -0.4 is 5.43 Å². The van der Waals surface area contributed by atoms with Crippen molar-refractivity contribution in [2.75, 3.05) is 12.0 Å². The lowest BCUT2D eigenvalue weighted by Gasteiger charge is -2.16. The molecule has 124 valence electrons. The van der Waals surface area contributed by atoms with Crippen LogP contribution in [-0.2, 0) is 4.74 Å². The molecule has 10 nitrogen and oxygen atoms in total. The van der Waals surface area contributed by atoms with Gasteiger partial charge in [-0.25, -0.2) is 15.0 Å². The van der Waals surface area contributed by atoms with Crippen LogP contribution in [0.15, 0.2) is 17.8 Å². The summed E-state index contributed by atoms with van der Waals surface area (Å²) in [5, 5.41) is 33.2. The molecule has 23 heavy (non-hydrogen) atoms. The molecule has 0 unspecified atom stereocenters. The lowest BCUT2D eigenvalue weighted by atomic mass is 10.1. The zero-order valence-corrected chi connectivity index (χ0v) is 12.7. The van der Waals surface area contributed by atoms with E-state index in [0.717, 1.165) is 5.71 Å². The summed E-state index contributed by atoms with van der Waals surface area (Å²) in [6.07, 6.45) is -1.37. The van der Waals surface area contributed by atoms with Crippen LogP contribution in [0.5, 0.6) is 0 Å². The highest BCUT2D eigenvalue weighted by molar-refractivity contribution is 5.84. The number of hydrazone groups is 1. The van der Waals surface area contributed by atoms with Crippen molar-refractivity contribution in [3.63, 3.8) is 0 Å². The molecule has 0 aromatic carbocycles. The number of imidazole rings is 1. The second-order valence-corrected chi connectivity index (χ2v) is 5.45. The van der Waals surface area contributed by atoms with Crippen LogP contribution in [0.4, 0.5) is 5.82 Å². The predicted octanol–water partition coefficient (Wildman–Crippen LogP) is -0.755. The first-order chi connectivity index (χ1) is 11.0. The van der Waals surface area contributed by atoms with Gasteiger partial charge in [-0.3, -0.25) is 9.99 Å². The molecular formula is C13H18N6O4. The van der Waals surface area contributed by atoms with E-state index in [1.165, 1.54) is 17.2 Å². The molecule has 1 aliphatic rings. The third-order valence-electron chi connectivity index (χ3n) is 3.54. The van der Waals surface area contributed by atoms with Crippen molar-refractivity contribution in [1.29, 1.82) is 0 Å². The molecule has 1 fully saturated rings. The molecule has 10 heteroatoms. The van der Waals surface area contributed by atoms with Gasteiger partial charge in [0.2, 0.25) is 0 Å². The van der Waals surface area contributed by atoms with Gasteiger partial charge in [0.15, 0.2) is 23.2 Å². The third-order valence-corrected chi connectivity index (χ3v) is 3.54. The fourth-order valence-corrected chi connectivity index (χ4v) is 2.39. The number of aliphatic hydroxyl groups excluding tert-OH is 3. The number of fused-ring (bicyclic) bond motifs is 1. The van der Waals surface area contributed by atoms with Crippen molar-refractivity contribution >= 4 is 22.7 Å². The molecular weight excluding hydrogens is 304 g/mol. The SMILES string of the molecule is CC(C)=NNc1ncnc2c1ncn2[C@@H]1O[C@H](CO)[C@@H](O)[C@H]1O. The van der Waals surface area contributed by atoms with Gasteiger partial charge in [-0.05, 0) is 13.8 Å². The molecule has 4 atom stereocenters. The Morgan fingerprint density at radius 1 is 1.30 bits per heavy atom. The summed E-state index contributed by atoms with van der Waals surface area (Å²) >= 11 is 0. The molecule has 2 aromatic rings. The number of nitrogens with zero attached hydrogens (tertiary/aromatic N) is 5. The van der Waals surface area contributed by atoms with Gasteiger partial charge < -0.3 is 20.1 Å². The van der Waals surface area contributed by atoms with E-state index in [1.54, 1.807) is 0 Å².